The third-order valence-electron chi connectivity index (χ3n) is 3.84. The van der Waals surface area contributed by atoms with Crippen LogP contribution < -0.4 is 10.1 Å². The van der Waals surface area contributed by atoms with Gasteiger partial charge in [0.25, 0.3) is 0 Å². The fourth-order valence-corrected chi connectivity index (χ4v) is 2.53. The summed E-state index contributed by atoms with van der Waals surface area (Å²) < 4.78 is 5.03. The summed E-state index contributed by atoms with van der Waals surface area (Å²) in [5.74, 6) is 1.52. The molecule has 0 aliphatic carbocycles. The van der Waals surface area contributed by atoms with E-state index in [1.807, 2.05) is 12.1 Å². The molecule has 0 amide bonds. The van der Waals surface area contributed by atoms with Gasteiger partial charge in [0.05, 0.1) is 7.11 Å². The van der Waals surface area contributed by atoms with E-state index >= 15 is 0 Å². The monoisotopic (exact) mass is 264 g/mol. The molecule has 2 N–H and O–H groups in total. The Morgan fingerprint density at radius 3 is 2.74 bits per heavy atom. The van der Waals surface area contributed by atoms with Gasteiger partial charge in [-0.1, -0.05) is 6.07 Å². The summed E-state index contributed by atoms with van der Waals surface area (Å²) in [6.07, 6.45) is 2.55. The van der Waals surface area contributed by atoms with E-state index in [0.717, 1.165) is 24.6 Å². The van der Waals surface area contributed by atoms with E-state index in [9.17, 15) is 5.11 Å². The van der Waals surface area contributed by atoms with E-state index in [-0.39, 0.29) is 5.75 Å². The van der Waals surface area contributed by atoms with Crippen molar-refractivity contribution in [1.29, 1.82) is 0 Å². The van der Waals surface area contributed by atoms with Gasteiger partial charge < -0.3 is 20.1 Å². The number of piperidine rings is 1. The van der Waals surface area contributed by atoms with E-state index in [4.69, 9.17) is 4.74 Å². The lowest BCUT2D eigenvalue weighted by Gasteiger charge is -2.29. The molecule has 0 unspecified atom stereocenters. The number of hydrogen-bond donors (Lipinski definition) is 2. The maximum Gasteiger partial charge on any atom is 0.160 e. The van der Waals surface area contributed by atoms with Crippen LogP contribution in [0.3, 0.4) is 0 Å². The van der Waals surface area contributed by atoms with Gasteiger partial charge in [0.1, 0.15) is 0 Å². The number of hydrogen-bond acceptors (Lipinski definition) is 4. The van der Waals surface area contributed by atoms with E-state index in [1.54, 1.807) is 13.2 Å². The SMILES string of the molecule is COc1ccc(CNCC2CCN(C)CC2)cc1O. The van der Waals surface area contributed by atoms with Gasteiger partial charge in [0.15, 0.2) is 11.5 Å². The Morgan fingerprint density at radius 2 is 2.11 bits per heavy atom. The van der Waals surface area contributed by atoms with Crippen LogP contribution in [-0.4, -0.2) is 43.8 Å². The predicted octanol–water partition coefficient (Wildman–Crippen LogP) is 1.83. The average molecular weight is 264 g/mol. The summed E-state index contributed by atoms with van der Waals surface area (Å²) in [4.78, 5) is 2.39. The zero-order valence-corrected chi connectivity index (χ0v) is 11.9. The minimum absolute atomic E-state index is 0.209. The van der Waals surface area contributed by atoms with Crippen LogP contribution in [0.1, 0.15) is 18.4 Å². The van der Waals surface area contributed by atoms with Crippen LogP contribution in [0.5, 0.6) is 11.5 Å². The average Bonchev–Trinajstić information content (AvgIpc) is 2.41. The first-order chi connectivity index (χ1) is 9.19. The van der Waals surface area contributed by atoms with Crippen molar-refractivity contribution >= 4 is 0 Å². The third kappa shape index (κ3) is 4.11. The highest BCUT2D eigenvalue weighted by atomic mass is 16.5. The molecule has 0 aromatic heterocycles. The van der Waals surface area contributed by atoms with Crippen molar-refractivity contribution in [3.63, 3.8) is 0 Å². The number of methoxy groups -OCH3 is 1. The Bertz CT molecular complexity index is 401. The van der Waals surface area contributed by atoms with Crippen LogP contribution >= 0.6 is 0 Å². The van der Waals surface area contributed by atoms with Gasteiger partial charge in [-0.05, 0) is 63.1 Å². The van der Waals surface area contributed by atoms with Crippen LogP contribution in [0.4, 0.5) is 0 Å². The van der Waals surface area contributed by atoms with Crippen LogP contribution in [0.15, 0.2) is 18.2 Å². The lowest BCUT2D eigenvalue weighted by atomic mass is 9.97. The van der Waals surface area contributed by atoms with Crippen molar-refractivity contribution < 1.29 is 9.84 Å². The lowest BCUT2D eigenvalue weighted by Crippen LogP contribution is -2.34. The quantitative estimate of drug-likeness (QED) is 0.851. The summed E-state index contributed by atoms with van der Waals surface area (Å²) in [7, 11) is 3.75. The van der Waals surface area contributed by atoms with Crippen LogP contribution in [0, 0.1) is 5.92 Å². The Balaban J connectivity index is 1.75. The standard InChI is InChI=1S/C15H24N2O2/c1-17-7-5-12(6-8-17)10-16-11-13-3-4-15(19-2)14(18)9-13/h3-4,9,12,16,18H,5-8,10-11H2,1-2H3. The number of likely N-dealkylation sites (tertiary alicyclic amines) is 1. The summed E-state index contributed by atoms with van der Waals surface area (Å²) in [6.45, 7) is 4.26. The minimum atomic E-state index is 0.209. The number of rotatable bonds is 5. The normalized spacial score (nSPS) is 17.6. The fraction of sp³-hybridized carbons (Fsp3) is 0.600. The highest BCUT2D eigenvalue weighted by Gasteiger charge is 2.15. The van der Waals surface area contributed by atoms with Gasteiger partial charge in [-0.3, -0.25) is 0 Å². The molecule has 1 fully saturated rings. The molecule has 1 aliphatic heterocycles. The molecule has 1 aromatic carbocycles. The molecular weight excluding hydrogens is 240 g/mol. The molecule has 1 heterocycles. The highest BCUT2D eigenvalue weighted by molar-refractivity contribution is 5.41. The molecule has 0 bridgehead atoms. The second kappa shape index (κ2) is 6.78. The molecule has 1 aliphatic rings. The molecule has 4 heteroatoms. The summed E-state index contributed by atoms with van der Waals surface area (Å²) in [5.41, 5.74) is 1.09. The molecule has 1 aromatic rings. The highest BCUT2D eigenvalue weighted by Crippen LogP contribution is 2.26. The molecule has 0 radical (unpaired) electrons. The van der Waals surface area contributed by atoms with Crippen LogP contribution in [0.25, 0.3) is 0 Å². The fourth-order valence-electron chi connectivity index (χ4n) is 2.53. The van der Waals surface area contributed by atoms with Crippen molar-refractivity contribution in [1.82, 2.24) is 10.2 Å². The Kier molecular flexibility index (Phi) is 5.05. The number of aromatic hydroxyl groups is 1. The maximum absolute atomic E-state index is 9.71. The van der Waals surface area contributed by atoms with Gasteiger partial charge in [0, 0.05) is 6.54 Å². The van der Waals surface area contributed by atoms with Gasteiger partial charge in [-0.25, -0.2) is 0 Å². The van der Waals surface area contributed by atoms with E-state index in [1.165, 1.54) is 25.9 Å². The predicted molar refractivity (Wildman–Crippen MR) is 76.6 cm³/mol. The van der Waals surface area contributed by atoms with Gasteiger partial charge in [-0.2, -0.15) is 0 Å². The number of phenolic OH excluding ortho intramolecular Hbond substituents is 1. The van der Waals surface area contributed by atoms with Crippen molar-refractivity contribution in [2.75, 3.05) is 33.8 Å². The molecule has 4 nitrogen and oxygen atoms in total. The molecular formula is C15H24N2O2. The second-order valence-electron chi connectivity index (χ2n) is 5.38. The van der Waals surface area contributed by atoms with E-state index in [2.05, 4.69) is 17.3 Å². The first-order valence-corrected chi connectivity index (χ1v) is 6.94. The molecule has 0 saturated carbocycles. The van der Waals surface area contributed by atoms with Crippen LogP contribution in [-0.2, 0) is 6.54 Å². The topological polar surface area (TPSA) is 44.7 Å². The number of benzene rings is 1. The zero-order chi connectivity index (χ0) is 13.7. The summed E-state index contributed by atoms with van der Waals surface area (Å²) in [6, 6.07) is 5.56. The zero-order valence-electron chi connectivity index (χ0n) is 11.9. The number of phenols is 1. The van der Waals surface area contributed by atoms with Gasteiger partial charge in [-0.15, -0.1) is 0 Å². The number of ether oxygens (including phenoxy) is 1. The van der Waals surface area contributed by atoms with Gasteiger partial charge in [0.2, 0.25) is 0 Å². The Morgan fingerprint density at radius 1 is 1.37 bits per heavy atom. The second-order valence-corrected chi connectivity index (χ2v) is 5.38. The molecule has 19 heavy (non-hydrogen) atoms. The van der Waals surface area contributed by atoms with E-state index in [0.29, 0.717) is 5.75 Å². The smallest absolute Gasteiger partial charge is 0.160 e. The summed E-state index contributed by atoms with van der Waals surface area (Å²) in [5, 5.41) is 13.2. The maximum atomic E-state index is 9.71. The minimum Gasteiger partial charge on any atom is -0.504 e. The molecule has 106 valence electrons. The Hall–Kier alpha value is -1.26. The molecule has 0 atom stereocenters. The lowest BCUT2D eigenvalue weighted by molar-refractivity contribution is 0.216. The third-order valence-corrected chi connectivity index (χ3v) is 3.84. The molecule has 1 saturated heterocycles. The van der Waals surface area contributed by atoms with Crippen molar-refractivity contribution in [2.24, 2.45) is 5.92 Å². The summed E-state index contributed by atoms with van der Waals surface area (Å²) >= 11 is 0. The Labute approximate surface area is 115 Å². The van der Waals surface area contributed by atoms with Crippen molar-refractivity contribution in [3.05, 3.63) is 23.8 Å². The van der Waals surface area contributed by atoms with E-state index < -0.39 is 0 Å². The van der Waals surface area contributed by atoms with Crippen LogP contribution in [0.2, 0.25) is 0 Å². The van der Waals surface area contributed by atoms with Crippen molar-refractivity contribution in [3.8, 4) is 11.5 Å². The van der Waals surface area contributed by atoms with Crippen molar-refractivity contribution in [2.45, 2.75) is 19.4 Å². The number of nitrogens with zero attached hydrogens (tertiary/aromatic N) is 1. The largest absolute Gasteiger partial charge is 0.504 e. The van der Waals surface area contributed by atoms with Gasteiger partial charge >= 0.3 is 0 Å². The first-order valence-electron chi connectivity index (χ1n) is 6.94. The molecule has 0 spiro atoms. The molecule has 2 rings (SSSR count). The number of nitrogens with one attached hydrogen (secondary N) is 1. The first kappa shape index (κ1) is 14.2.